The van der Waals surface area contributed by atoms with Crippen LogP contribution in [0.5, 0.6) is 0 Å². The lowest BCUT2D eigenvalue weighted by Gasteiger charge is -2.06. The molecule has 0 saturated heterocycles. The molecule has 3 nitrogen and oxygen atoms in total. The van der Waals surface area contributed by atoms with Crippen LogP contribution in [0.4, 0.5) is 5.69 Å². The fourth-order valence-corrected chi connectivity index (χ4v) is 2.13. The van der Waals surface area contributed by atoms with Crippen LogP contribution in [0, 0.1) is 0 Å². The highest BCUT2D eigenvalue weighted by molar-refractivity contribution is 6.00. The van der Waals surface area contributed by atoms with Gasteiger partial charge >= 0.3 is 0 Å². The van der Waals surface area contributed by atoms with Crippen LogP contribution in [0.3, 0.4) is 0 Å². The molecule has 1 aliphatic heterocycles. The Hall–Kier alpha value is -2.29. The molecule has 2 aromatic carbocycles. The average molecular weight is 237 g/mol. The molecule has 3 rings (SSSR count). The summed E-state index contributed by atoms with van der Waals surface area (Å²) in [7, 11) is 0. The summed E-state index contributed by atoms with van der Waals surface area (Å²) in [5.74, 6) is 0.995. The molecular weight excluding hydrogens is 222 g/mol. The number of aliphatic imine (C=N–C) groups is 1. The molecule has 3 heteroatoms. The summed E-state index contributed by atoms with van der Waals surface area (Å²) in [6.07, 6.45) is 0. The summed E-state index contributed by atoms with van der Waals surface area (Å²) in [6.45, 7) is 1.80. The van der Waals surface area contributed by atoms with E-state index >= 15 is 0 Å². The maximum absolute atomic E-state index is 5.80. The smallest absolute Gasteiger partial charge is 0.128 e. The van der Waals surface area contributed by atoms with Gasteiger partial charge in [-0.15, -0.1) is 0 Å². The van der Waals surface area contributed by atoms with E-state index in [2.05, 4.69) is 40.6 Å². The highest BCUT2D eigenvalue weighted by Gasteiger charge is 2.07. The van der Waals surface area contributed by atoms with E-state index in [1.165, 1.54) is 5.56 Å². The molecular formula is C15H15N3. The predicted octanol–water partition coefficient (Wildman–Crippen LogP) is 2.29. The molecule has 90 valence electrons. The van der Waals surface area contributed by atoms with E-state index in [1.807, 2.05) is 18.2 Å². The number of rotatable bonds is 2. The Morgan fingerprint density at radius 2 is 1.72 bits per heavy atom. The number of hydrogen-bond donors (Lipinski definition) is 2. The first-order chi connectivity index (χ1) is 8.83. The average Bonchev–Trinajstić information content (AvgIpc) is 2.93. The fraction of sp³-hybridized carbons (Fsp3) is 0.133. The maximum atomic E-state index is 5.80. The standard InChI is InChI=1S/C15H15N3/c16-14-3-1-2-13(10-14)11-4-6-12(7-5-11)15-17-8-9-18-15/h1-7,10H,8-9,16H2,(H,17,18). The first-order valence-electron chi connectivity index (χ1n) is 6.07. The minimum Gasteiger partial charge on any atom is -0.399 e. The van der Waals surface area contributed by atoms with Gasteiger partial charge < -0.3 is 11.1 Å². The summed E-state index contributed by atoms with van der Waals surface area (Å²) in [5, 5.41) is 3.27. The molecule has 0 fully saturated rings. The number of amidine groups is 1. The second-order valence-corrected chi connectivity index (χ2v) is 4.36. The van der Waals surface area contributed by atoms with Crippen LogP contribution >= 0.6 is 0 Å². The van der Waals surface area contributed by atoms with E-state index in [1.54, 1.807) is 0 Å². The summed E-state index contributed by atoms with van der Waals surface area (Å²) >= 11 is 0. The van der Waals surface area contributed by atoms with Gasteiger partial charge in [0.1, 0.15) is 5.84 Å². The third kappa shape index (κ3) is 2.07. The normalized spacial score (nSPS) is 14.1. The predicted molar refractivity (Wildman–Crippen MR) is 75.7 cm³/mol. The number of nitrogen functional groups attached to an aromatic ring is 1. The Labute approximate surface area is 106 Å². The summed E-state index contributed by atoms with van der Waals surface area (Å²) in [4.78, 5) is 4.41. The molecule has 1 aliphatic rings. The summed E-state index contributed by atoms with van der Waals surface area (Å²) < 4.78 is 0. The van der Waals surface area contributed by atoms with Crippen molar-refractivity contribution in [3.8, 4) is 11.1 Å². The number of benzene rings is 2. The lowest BCUT2D eigenvalue weighted by Crippen LogP contribution is -2.19. The molecule has 3 N–H and O–H groups in total. The number of hydrogen-bond acceptors (Lipinski definition) is 3. The number of nitrogens with one attached hydrogen (secondary N) is 1. The topological polar surface area (TPSA) is 50.4 Å². The number of nitrogens with zero attached hydrogens (tertiary/aromatic N) is 1. The van der Waals surface area contributed by atoms with Gasteiger partial charge in [0.05, 0.1) is 6.54 Å². The zero-order valence-corrected chi connectivity index (χ0v) is 10.1. The van der Waals surface area contributed by atoms with Crippen LogP contribution < -0.4 is 11.1 Å². The van der Waals surface area contributed by atoms with Crippen LogP contribution in [-0.2, 0) is 0 Å². The monoisotopic (exact) mass is 237 g/mol. The summed E-state index contributed by atoms with van der Waals surface area (Å²) in [5.41, 5.74) is 10.0. The van der Waals surface area contributed by atoms with Crippen molar-refractivity contribution in [3.63, 3.8) is 0 Å². The lowest BCUT2D eigenvalue weighted by atomic mass is 10.0. The van der Waals surface area contributed by atoms with E-state index in [-0.39, 0.29) is 0 Å². The van der Waals surface area contributed by atoms with Crippen molar-refractivity contribution in [2.24, 2.45) is 4.99 Å². The van der Waals surface area contributed by atoms with Crippen molar-refractivity contribution >= 4 is 11.5 Å². The van der Waals surface area contributed by atoms with Gasteiger partial charge in [-0.1, -0.05) is 36.4 Å². The maximum Gasteiger partial charge on any atom is 0.128 e. The zero-order valence-electron chi connectivity index (χ0n) is 10.1. The van der Waals surface area contributed by atoms with Crippen molar-refractivity contribution in [2.75, 3.05) is 18.8 Å². The minimum absolute atomic E-state index is 0.790. The van der Waals surface area contributed by atoms with E-state index in [9.17, 15) is 0 Å². The van der Waals surface area contributed by atoms with Crippen molar-refractivity contribution in [2.45, 2.75) is 0 Å². The molecule has 1 heterocycles. The van der Waals surface area contributed by atoms with Crippen molar-refractivity contribution < 1.29 is 0 Å². The van der Waals surface area contributed by atoms with Gasteiger partial charge in [0.2, 0.25) is 0 Å². The van der Waals surface area contributed by atoms with Crippen LogP contribution in [0.15, 0.2) is 53.5 Å². The molecule has 0 saturated carbocycles. The molecule has 0 atom stereocenters. The molecule has 0 aromatic heterocycles. The third-order valence-corrected chi connectivity index (χ3v) is 3.05. The first kappa shape index (κ1) is 10.8. The second-order valence-electron chi connectivity index (χ2n) is 4.36. The molecule has 0 radical (unpaired) electrons. The zero-order chi connectivity index (χ0) is 12.4. The van der Waals surface area contributed by atoms with Crippen LogP contribution in [-0.4, -0.2) is 18.9 Å². The highest BCUT2D eigenvalue weighted by atomic mass is 15.1. The van der Waals surface area contributed by atoms with Crippen LogP contribution in [0.25, 0.3) is 11.1 Å². The Morgan fingerprint density at radius 1 is 0.944 bits per heavy atom. The SMILES string of the molecule is Nc1cccc(-c2ccc(C3=NCCN3)cc2)c1. The molecule has 0 spiro atoms. The highest BCUT2D eigenvalue weighted by Crippen LogP contribution is 2.22. The van der Waals surface area contributed by atoms with E-state index in [0.29, 0.717) is 0 Å². The quantitative estimate of drug-likeness (QED) is 0.787. The molecule has 18 heavy (non-hydrogen) atoms. The van der Waals surface area contributed by atoms with Gasteiger partial charge in [-0.25, -0.2) is 0 Å². The third-order valence-electron chi connectivity index (χ3n) is 3.05. The Morgan fingerprint density at radius 3 is 2.39 bits per heavy atom. The molecule has 0 bridgehead atoms. The van der Waals surface area contributed by atoms with Gasteiger partial charge in [-0.05, 0) is 23.3 Å². The Balaban J connectivity index is 1.91. The lowest BCUT2D eigenvalue weighted by molar-refractivity contribution is 0.960. The second kappa shape index (κ2) is 4.53. The number of nitrogens with two attached hydrogens (primary N) is 1. The van der Waals surface area contributed by atoms with Gasteiger partial charge in [-0.3, -0.25) is 4.99 Å². The Bertz CT molecular complexity index is 585. The fourth-order valence-electron chi connectivity index (χ4n) is 2.13. The number of anilines is 1. The van der Waals surface area contributed by atoms with Crippen molar-refractivity contribution in [1.82, 2.24) is 5.32 Å². The van der Waals surface area contributed by atoms with Crippen LogP contribution in [0.1, 0.15) is 5.56 Å². The first-order valence-corrected chi connectivity index (χ1v) is 6.07. The van der Waals surface area contributed by atoms with Gasteiger partial charge in [-0.2, -0.15) is 0 Å². The molecule has 0 amide bonds. The van der Waals surface area contributed by atoms with Crippen LogP contribution in [0.2, 0.25) is 0 Å². The van der Waals surface area contributed by atoms with Crippen molar-refractivity contribution in [1.29, 1.82) is 0 Å². The van der Waals surface area contributed by atoms with E-state index in [0.717, 1.165) is 35.7 Å². The van der Waals surface area contributed by atoms with E-state index < -0.39 is 0 Å². The molecule has 2 aromatic rings. The largest absolute Gasteiger partial charge is 0.399 e. The minimum atomic E-state index is 0.790. The summed E-state index contributed by atoms with van der Waals surface area (Å²) in [6, 6.07) is 16.3. The molecule has 0 aliphatic carbocycles. The van der Waals surface area contributed by atoms with Gasteiger partial charge in [0, 0.05) is 17.8 Å². The van der Waals surface area contributed by atoms with Gasteiger partial charge in [0.25, 0.3) is 0 Å². The van der Waals surface area contributed by atoms with E-state index in [4.69, 9.17) is 5.73 Å². The Kier molecular flexibility index (Phi) is 2.73. The van der Waals surface area contributed by atoms with Crippen molar-refractivity contribution in [3.05, 3.63) is 54.1 Å². The molecule has 0 unspecified atom stereocenters. The van der Waals surface area contributed by atoms with Gasteiger partial charge in [0.15, 0.2) is 0 Å².